The summed E-state index contributed by atoms with van der Waals surface area (Å²) < 4.78 is 40.2. The average Bonchev–Trinajstić information content (AvgIpc) is 2.83. The zero-order valence-electron chi connectivity index (χ0n) is 11.9. The summed E-state index contributed by atoms with van der Waals surface area (Å²) in [5, 5.41) is 0.539. The van der Waals surface area contributed by atoms with Crippen LogP contribution in [0, 0.1) is 0 Å². The summed E-state index contributed by atoms with van der Waals surface area (Å²) in [6.07, 6.45) is -2.67. The van der Waals surface area contributed by atoms with Crippen LogP contribution in [0.4, 0.5) is 13.2 Å². The molecule has 3 aromatic rings. The third-order valence-electron chi connectivity index (χ3n) is 3.69. The van der Waals surface area contributed by atoms with Gasteiger partial charge >= 0.3 is 6.18 Å². The molecule has 0 amide bonds. The van der Waals surface area contributed by atoms with Crippen molar-refractivity contribution >= 4 is 10.9 Å². The lowest BCUT2D eigenvalue weighted by Crippen LogP contribution is -2.04. The van der Waals surface area contributed by atoms with Crippen LogP contribution in [-0.2, 0) is 19.8 Å². The van der Waals surface area contributed by atoms with Crippen molar-refractivity contribution in [3.05, 3.63) is 53.7 Å². The Morgan fingerprint density at radius 2 is 1.91 bits per heavy atom. The SMILES string of the molecule is Cn1c(-c2ccc(CN)cn2)cc2cc(C(F)(F)F)ccc21. The molecular weight excluding hydrogens is 291 g/mol. The van der Waals surface area contributed by atoms with Crippen LogP contribution in [0.25, 0.3) is 22.3 Å². The minimum absolute atomic E-state index is 0.400. The molecule has 22 heavy (non-hydrogen) atoms. The Kier molecular flexibility index (Phi) is 3.41. The second-order valence-electron chi connectivity index (χ2n) is 5.12. The summed E-state index contributed by atoms with van der Waals surface area (Å²) >= 11 is 0. The summed E-state index contributed by atoms with van der Waals surface area (Å²) in [4.78, 5) is 4.32. The van der Waals surface area contributed by atoms with Crippen LogP contribution < -0.4 is 5.73 Å². The normalized spacial score (nSPS) is 12.0. The first-order valence-electron chi connectivity index (χ1n) is 6.72. The van der Waals surface area contributed by atoms with Gasteiger partial charge in [-0.2, -0.15) is 13.2 Å². The minimum Gasteiger partial charge on any atom is -0.342 e. The summed E-state index contributed by atoms with van der Waals surface area (Å²) in [5.41, 5.74) is 7.98. The molecule has 0 unspecified atom stereocenters. The largest absolute Gasteiger partial charge is 0.416 e. The van der Waals surface area contributed by atoms with Crippen LogP contribution in [0.3, 0.4) is 0 Å². The minimum atomic E-state index is -4.34. The monoisotopic (exact) mass is 305 g/mol. The molecule has 2 N–H and O–H groups in total. The highest BCUT2D eigenvalue weighted by molar-refractivity contribution is 5.87. The van der Waals surface area contributed by atoms with Crippen LogP contribution >= 0.6 is 0 Å². The molecule has 0 aliphatic carbocycles. The predicted octanol–water partition coefficient (Wildman–Crippen LogP) is 3.72. The van der Waals surface area contributed by atoms with Crippen molar-refractivity contribution in [3.8, 4) is 11.4 Å². The van der Waals surface area contributed by atoms with E-state index in [0.29, 0.717) is 17.6 Å². The third kappa shape index (κ3) is 2.46. The fourth-order valence-electron chi connectivity index (χ4n) is 2.47. The lowest BCUT2D eigenvalue weighted by Gasteiger charge is -2.07. The van der Waals surface area contributed by atoms with Crippen molar-refractivity contribution in [2.45, 2.75) is 12.7 Å². The molecule has 3 rings (SSSR count). The first-order chi connectivity index (χ1) is 10.4. The lowest BCUT2D eigenvalue weighted by molar-refractivity contribution is -0.137. The number of aryl methyl sites for hydroxylation is 1. The number of benzene rings is 1. The van der Waals surface area contributed by atoms with Crippen LogP contribution in [-0.4, -0.2) is 9.55 Å². The molecule has 0 aliphatic rings. The summed E-state index contributed by atoms with van der Waals surface area (Å²) in [7, 11) is 1.81. The van der Waals surface area contributed by atoms with Gasteiger partial charge in [0.05, 0.1) is 17.0 Å². The molecule has 6 heteroatoms. The molecule has 0 saturated carbocycles. The third-order valence-corrected chi connectivity index (χ3v) is 3.69. The maximum Gasteiger partial charge on any atom is 0.416 e. The lowest BCUT2D eigenvalue weighted by atomic mass is 10.1. The van der Waals surface area contributed by atoms with Gasteiger partial charge in [0.25, 0.3) is 0 Å². The number of nitrogens with two attached hydrogens (primary N) is 1. The van der Waals surface area contributed by atoms with Crippen LogP contribution in [0.2, 0.25) is 0 Å². The molecule has 0 radical (unpaired) electrons. The van der Waals surface area contributed by atoms with Crippen LogP contribution in [0.5, 0.6) is 0 Å². The number of aromatic nitrogens is 2. The van der Waals surface area contributed by atoms with E-state index in [9.17, 15) is 13.2 Å². The highest BCUT2D eigenvalue weighted by atomic mass is 19.4. The van der Waals surface area contributed by atoms with E-state index in [2.05, 4.69) is 4.98 Å². The van der Waals surface area contributed by atoms with Crippen molar-refractivity contribution < 1.29 is 13.2 Å². The topological polar surface area (TPSA) is 43.8 Å². The van der Waals surface area contributed by atoms with Gasteiger partial charge < -0.3 is 10.3 Å². The highest BCUT2D eigenvalue weighted by Gasteiger charge is 2.30. The standard InChI is InChI=1S/C16H14F3N3/c1-22-14-5-3-12(16(17,18)19)6-11(14)7-15(22)13-4-2-10(8-20)9-21-13/h2-7,9H,8,20H2,1H3. The first kappa shape index (κ1) is 14.6. The molecule has 0 spiro atoms. The van der Waals surface area contributed by atoms with Gasteiger partial charge in [-0.25, -0.2) is 0 Å². The smallest absolute Gasteiger partial charge is 0.342 e. The quantitative estimate of drug-likeness (QED) is 0.784. The fourth-order valence-corrected chi connectivity index (χ4v) is 2.47. The molecule has 3 nitrogen and oxygen atoms in total. The van der Waals surface area contributed by atoms with Crippen molar-refractivity contribution in [2.75, 3.05) is 0 Å². The molecule has 2 heterocycles. The molecule has 0 bridgehead atoms. The maximum atomic E-state index is 12.8. The highest BCUT2D eigenvalue weighted by Crippen LogP contribution is 2.33. The number of alkyl halides is 3. The summed E-state index contributed by atoms with van der Waals surface area (Å²) in [6, 6.07) is 9.14. The number of hydrogen-bond acceptors (Lipinski definition) is 2. The Morgan fingerprint density at radius 3 is 2.50 bits per heavy atom. The van der Waals surface area contributed by atoms with Gasteiger partial charge in [-0.1, -0.05) is 6.07 Å². The Labute approximate surface area is 125 Å². The molecule has 1 aromatic carbocycles. The molecule has 0 aliphatic heterocycles. The van der Waals surface area contributed by atoms with Crippen LogP contribution in [0.15, 0.2) is 42.6 Å². The average molecular weight is 305 g/mol. The van der Waals surface area contributed by atoms with Crippen molar-refractivity contribution in [1.29, 1.82) is 0 Å². The number of hydrogen-bond donors (Lipinski definition) is 1. The number of nitrogens with zero attached hydrogens (tertiary/aromatic N) is 2. The number of pyridine rings is 1. The van der Waals surface area contributed by atoms with E-state index in [0.717, 1.165) is 28.9 Å². The maximum absolute atomic E-state index is 12.8. The van der Waals surface area contributed by atoms with Gasteiger partial charge in [-0.05, 0) is 35.9 Å². The fraction of sp³-hybridized carbons (Fsp3) is 0.188. The number of fused-ring (bicyclic) bond motifs is 1. The second-order valence-corrected chi connectivity index (χ2v) is 5.12. The van der Waals surface area contributed by atoms with E-state index in [-0.39, 0.29) is 0 Å². The summed E-state index contributed by atoms with van der Waals surface area (Å²) in [6.45, 7) is 0.400. The van der Waals surface area contributed by atoms with Gasteiger partial charge in [0.2, 0.25) is 0 Å². The molecule has 0 fully saturated rings. The van der Waals surface area contributed by atoms with E-state index in [1.54, 1.807) is 12.3 Å². The van der Waals surface area contributed by atoms with E-state index in [1.807, 2.05) is 23.7 Å². The van der Waals surface area contributed by atoms with Crippen LogP contribution in [0.1, 0.15) is 11.1 Å². The van der Waals surface area contributed by atoms with Gasteiger partial charge in [0.1, 0.15) is 0 Å². The van der Waals surface area contributed by atoms with Crippen molar-refractivity contribution in [3.63, 3.8) is 0 Å². The zero-order chi connectivity index (χ0) is 15.9. The molecular formula is C16H14F3N3. The van der Waals surface area contributed by atoms with Gasteiger partial charge in [0.15, 0.2) is 0 Å². The first-order valence-corrected chi connectivity index (χ1v) is 6.72. The van der Waals surface area contributed by atoms with Gasteiger partial charge in [-0.3, -0.25) is 4.98 Å². The Morgan fingerprint density at radius 1 is 1.14 bits per heavy atom. The number of halogens is 3. The van der Waals surface area contributed by atoms with E-state index in [1.165, 1.54) is 6.07 Å². The Balaban J connectivity index is 2.12. The van der Waals surface area contributed by atoms with E-state index in [4.69, 9.17) is 5.73 Å². The molecule has 114 valence electrons. The Bertz CT molecular complexity index is 817. The summed E-state index contributed by atoms with van der Waals surface area (Å²) in [5.74, 6) is 0. The molecule has 0 atom stereocenters. The molecule has 0 saturated heterocycles. The zero-order valence-corrected chi connectivity index (χ0v) is 11.9. The van der Waals surface area contributed by atoms with E-state index >= 15 is 0 Å². The second kappa shape index (κ2) is 5.14. The van der Waals surface area contributed by atoms with Crippen molar-refractivity contribution in [2.24, 2.45) is 12.8 Å². The van der Waals surface area contributed by atoms with Gasteiger partial charge in [0, 0.05) is 30.7 Å². The Hall–Kier alpha value is -2.34. The van der Waals surface area contributed by atoms with Gasteiger partial charge in [-0.15, -0.1) is 0 Å². The molecule has 2 aromatic heterocycles. The van der Waals surface area contributed by atoms with E-state index < -0.39 is 11.7 Å². The predicted molar refractivity (Wildman–Crippen MR) is 79.0 cm³/mol. The number of rotatable bonds is 2. The van der Waals surface area contributed by atoms with Crippen molar-refractivity contribution in [1.82, 2.24) is 9.55 Å².